The maximum absolute atomic E-state index is 12.0. The molecule has 0 bridgehead atoms. The number of benzene rings is 1. The summed E-state index contributed by atoms with van der Waals surface area (Å²) in [5, 5.41) is 33.0. The third kappa shape index (κ3) is 2.87. The molecule has 7 heteroatoms. The fourth-order valence-corrected chi connectivity index (χ4v) is 1.86. The Morgan fingerprint density at radius 2 is 2.11 bits per heavy atom. The van der Waals surface area contributed by atoms with Crippen LogP contribution in [-0.2, 0) is 0 Å². The molecule has 0 aliphatic heterocycles. The van der Waals surface area contributed by atoms with Gasteiger partial charge in [0.1, 0.15) is 11.5 Å². The summed E-state index contributed by atoms with van der Waals surface area (Å²) >= 11 is 0. The summed E-state index contributed by atoms with van der Waals surface area (Å²) in [4.78, 5) is 12.0. The smallest absolute Gasteiger partial charge is 0.255 e. The van der Waals surface area contributed by atoms with Crippen molar-refractivity contribution >= 4 is 11.7 Å². The summed E-state index contributed by atoms with van der Waals surface area (Å²) in [7, 11) is 0. The lowest BCUT2D eigenvalue weighted by atomic mass is 10.1. The Morgan fingerprint density at radius 3 is 2.63 bits per heavy atom. The van der Waals surface area contributed by atoms with Gasteiger partial charge in [0, 0.05) is 6.07 Å². The van der Waals surface area contributed by atoms with Crippen LogP contribution in [0.4, 0.5) is 0 Å². The van der Waals surface area contributed by atoms with Gasteiger partial charge in [0.25, 0.3) is 5.91 Å². The molecule has 1 aliphatic carbocycles. The highest BCUT2D eigenvalue weighted by Gasteiger charge is 2.35. The van der Waals surface area contributed by atoms with Crippen LogP contribution in [0.3, 0.4) is 0 Å². The van der Waals surface area contributed by atoms with Crippen LogP contribution in [-0.4, -0.2) is 33.2 Å². The largest absolute Gasteiger partial charge is 0.508 e. The Bertz CT molecular complexity index is 526. The number of aromatic hydroxyl groups is 2. The number of hydrogen-bond acceptors (Lipinski definition) is 5. The fraction of sp³-hybridized carbons (Fsp3) is 0.333. The summed E-state index contributed by atoms with van der Waals surface area (Å²) in [6.45, 7) is 0. The molecule has 0 heterocycles. The second-order valence-electron chi connectivity index (χ2n) is 4.51. The Labute approximate surface area is 109 Å². The maximum Gasteiger partial charge on any atom is 0.255 e. The van der Waals surface area contributed by atoms with E-state index >= 15 is 0 Å². The number of nitrogens with two attached hydrogens (primary N) is 1. The maximum atomic E-state index is 12.0. The van der Waals surface area contributed by atoms with E-state index in [0.29, 0.717) is 0 Å². The van der Waals surface area contributed by atoms with Gasteiger partial charge in [0.2, 0.25) is 0 Å². The first-order chi connectivity index (χ1) is 9.02. The predicted molar refractivity (Wildman–Crippen MR) is 67.2 cm³/mol. The summed E-state index contributed by atoms with van der Waals surface area (Å²) in [5.74, 6) is -0.912. The third-order valence-corrected chi connectivity index (χ3v) is 3.04. The van der Waals surface area contributed by atoms with E-state index in [9.17, 15) is 9.90 Å². The van der Waals surface area contributed by atoms with E-state index in [1.54, 1.807) is 0 Å². The van der Waals surface area contributed by atoms with Crippen LogP contribution in [0.5, 0.6) is 11.5 Å². The lowest BCUT2D eigenvalue weighted by Crippen LogP contribution is -2.46. The molecular formula is C12H15N3O4. The third-order valence-electron chi connectivity index (χ3n) is 3.04. The molecule has 1 unspecified atom stereocenters. The summed E-state index contributed by atoms with van der Waals surface area (Å²) in [6, 6.07) is 3.12. The van der Waals surface area contributed by atoms with Gasteiger partial charge >= 0.3 is 0 Å². The number of hydrogen-bond donors (Lipinski definition) is 5. The number of carbonyl (C=O) groups is 1. The Hall–Kier alpha value is -2.44. The summed E-state index contributed by atoms with van der Waals surface area (Å²) in [6.07, 6.45) is 1.78. The van der Waals surface area contributed by atoms with Crippen molar-refractivity contribution in [3.05, 3.63) is 23.8 Å². The van der Waals surface area contributed by atoms with Gasteiger partial charge in [-0.15, -0.1) is 0 Å². The average Bonchev–Trinajstić information content (AvgIpc) is 3.19. The second-order valence-corrected chi connectivity index (χ2v) is 4.51. The molecule has 0 radical (unpaired) electrons. The van der Waals surface area contributed by atoms with E-state index in [-0.39, 0.29) is 28.8 Å². The van der Waals surface area contributed by atoms with Crippen molar-refractivity contribution in [1.29, 1.82) is 0 Å². The van der Waals surface area contributed by atoms with Crippen molar-refractivity contribution in [3.63, 3.8) is 0 Å². The minimum atomic E-state index is -0.550. The predicted octanol–water partition coefficient (Wildman–Crippen LogP) is 0.353. The van der Waals surface area contributed by atoms with E-state index in [1.807, 2.05) is 0 Å². The number of oxime groups is 1. The highest BCUT2D eigenvalue weighted by Crippen LogP contribution is 2.33. The Morgan fingerprint density at radius 1 is 1.42 bits per heavy atom. The van der Waals surface area contributed by atoms with Crippen LogP contribution < -0.4 is 11.1 Å². The summed E-state index contributed by atoms with van der Waals surface area (Å²) in [5.41, 5.74) is 5.55. The van der Waals surface area contributed by atoms with E-state index in [1.165, 1.54) is 12.1 Å². The van der Waals surface area contributed by atoms with Gasteiger partial charge in [0.05, 0.1) is 11.6 Å². The number of phenolic OH excluding ortho intramolecular Hbond substituents is 2. The Kier molecular flexibility index (Phi) is 3.46. The number of nitrogens with zero attached hydrogens (tertiary/aromatic N) is 1. The molecule has 2 rings (SSSR count). The Balaban J connectivity index is 2.15. The van der Waals surface area contributed by atoms with Crippen molar-refractivity contribution in [3.8, 4) is 11.5 Å². The molecule has 0 saturated heterocycles. The molecule has 1 aromatic carbocycles. The average molecular weight is 265 g/mol. The minimum absolute atomic E-state index is 0.0224. The highest BCUT2D eigenvalue weighted by atomic mass is 16.4. The zero-order chi connectivity index (χ0) is 14.0. The van der Waals surface area contributed by atoms with Gasteiger partial charge in [-0.25, -0.2) is 0 Å². The van der Waals surface area contributed by atoms with Crippen LogP contribution >= 0.6 is 0 Å². The minimum Gasteiger partial charge on any atom is -0.508 e. The lowest BCUT2D eigenvalue weighted by molar-refractivity contribution is 0.0940. The van der Waals surface area contributed by atoms with Gasteiger partial charge in [0.15, 0.2) is 5.84 Å². The van der Waals surface area contributed by atoms with Crippen molar-refractivity contribution in [2.45, 2.75) is 18.9 Å². The van der Waals surface area contributed by atoms with Crippen molar-refractivity contribution < 1.29 is 20.2 Å². The van der Waals surface area contributed by atoms with E-state index in [4.69, 9.17) is 16.0 Å². The zero-order valence-electron chi connectivity index (χ0n) is 10.1. The van der Waals surface area contributed by atoms with E-state index < -0.39 is 11.9 Å². The fourth-order valence-electron chi connectivity index (χ4n) is 1.86. The molecule has 1 aliphatic rings. The van der Waals surface area contributed by atoms with Gasteiger partial charge in [-0.1, -0.05) is 5.16 Å². The second kappa shape index (κ2) is 5.05. The number of nitrogens with one attached hydrogen (secondary N) is 1. The highest BCUT2D eigenvalue weighted by molar-refractivity contribution is 6.00. The summed E-state index contributed by atoms with van der Waals surface area (Å²) < 4.78 is 0. The van der Waals surface area contributed by atoms with E-state index in [2.05, 4.69) is 10.5 Å². The topological polar surface area (TPSA) is 128 Å². The van der Waals surface area contributed by atoms with Crippen LogP contribution in [0, 0.1) is 5.92 Å². The normalized spacial score (nSPS) is 16.9. The number of amides is 1. The number of rotatable bonds is 4. The first-order valence-electron chi connectivity index (χ1n) is 5.83. The van der Waals surface area contributed by atoms with Crippen LogP contribution in [0.2, 0.25) is 0 Å². The zero-order valence-corrected chi connectivity index (χ0v) is 10.1. The lowest BCUT2D eigenvalue weighted by Gasteiger charge is -2.17. The number of phenols is 2. The molecule has 1 fully saturated rings. The molecule has 1 amide bonds. The van der Waals surface area contributed by atoms with Gasteiger partial charge in [-0.3, -0.25) is 4.79 Å². The molecule has 1 aromatic rings. The van der Waals surface area contributed by atoms with Gasteiger partial charge in [-0.2, -0.15) is 0 Å². The van der Waals surface area contributed by atoms with Gasteiger partial charge < -0.3 is 26.5 Å². The van der Waals surface area contributed by atoms with Gasteiger partial charge in [-0.05, 0) is 30.9 Å². The number of carbonyl (C=O) groups excluding carboxylic acids is 1. The van der Waals surface area contributed by atoms with Crippen molar-refractivity contribution in [2.75, 3.05) is 0 Å². The van der Waals surface area contributed by atoms with Crippen molar-refractivity contribution in [1.82, 2.24) is 5.32 Å². The molecule has 0 aromatic heterocycles. The van der Waals surface area contributed by atoms with E-state index in [0.717, 1.165) is 18.9 Å². The molecule has 1 atom stereocenters. The molecule has 1 saturated carbocycles. The molecule has 102 valence electrons. The van der Waals surface area contributed by atoms with Crippen molar-refractivity contribution in [2.24, 2.45) is 16.8 Å². The SMILES string of the molecule is N/C(=N/O)C(NC(=O)c1ccc(O)cc1O)C1CC1. The first kappa shape index (κ1) is 13.0. The van der Waals surface area contributed by atoms with Crippen LogP contribution in [0.25, 0.3) is 0 Å². The monoisotopic (exact) mass is 265 g/mol. The molecule has 7 nitrogen and oxygen atoms in total. The first-order valence-corrected chi connectivity index (χ1v) is 5.83. The molecular weight excluding hydrogens is 250 g/mol. The molecule has 19 heavy (non-hydrogen) atoms. The van der Waals surface area contributed by atoms with Crippen LogP contribution in [0.1, 0.15) is 23.2 Å². The standard InChI is InChI=1S/C12H15N3O4/c13-11(15-19)10(6-1-2-6)14-12(18)8-4-3-7(16)5-9(8)17/h3-6,10,16-17,19H,1-2H2,(H2,13,15)(H,14,18). The number of amidine groups is 1. The molecule has 0 spiro atoms. The van der Waals surface area contributed by atoms with Crippen LogP contribution in [0.15, 0.2) is 23.4 Å². The molecule has 6 N–H and O–H groups in total. The quantitative estimate of drug-likeness (QED) is 0.232.